The Labute approximate surface area is 295 Å². The second-order valence-electron chi connectivity index (χ2n) is 17.0. The minimum atomic E-state index is -0.473. The highest BCUT2D eigenvalue weighted by Gasteiger charge is 2.28. The Hall–Kier alpha value is -2.95. The lowest BCUT2D eigenvalue weighted by atomic mass is 9.90. The number of nitrogens with zero attached hydrogens (tertiary/aromatic N) is 6. The van der Waals surface area contributed by atoms with E-state index < -0.39 is 5.60 Å². The van der Waals surface area contributed by atoms with Gasteiger partial charge in [0.15, 0.2) is 5.82 Å². The molecule has 0 radical (unpaired) electrons. The summed E-state index contributed by atoms with van der Waals surface area (Å²) < 4.78 is 14.2. The number of rotatable bonds is 17. The van der Waals surface area contributed by atoms with Gasteiger partial charge < -0.3 is 34.5 Å². The van der Waals surface area contributed by atoms with Gasteiger partial charge >= 0.3 is 5.97 Å². The molecule has 0 unspecified atom stereocenters. The highest BCUT2D eigenvalue weighted by molar-refractivity contribution is 6.07. The number of ether oxygens (including phenoxy) is 2. The van der Waals surface area contributed by atoms with Crippen LogP contribution in [0, 0.1) is 10.8 Å². The number of pyridine rings is 1. The Bertz CT molecular complexity index is 1530. The van der Waals surface area contributed by atoms with Crippen molar-refractivity contribution < 1.29 is 14.3 Å². The van der Waals surface area contributed by atoms with Crippen molar-refractivity contribution >= 4 is 39.4 Å². The lowest BCUT2D eigenvalue weighted by Crippen LogP contribution is -2.44. The van der Waals surface area contributed by atoms with Gasteiger partial charge in [0.2, 0.25) is 0 Å². The van der Waals surface area contributed by atoms with E-state index in [9.17, 15) is 4.79 Å². The van der Waals surface area contributed by atoms with Gasteiger partial charge in [-0.2, -0.15) is 0 Å². The number of carbonyl (C=O) groups is 1. The van der Waals surface area contributed by atoms with E-state index in [4.69, 9.17) is 25.2 Å². The van der Waals surface area contributed by atoms with Gasteiger partial charge in [-0.1, -0.05) is 41.0 Å². The van der Waals surface area contributed by atoms with E-state index in [2.05, 4.69) is 86.2 Å². The maximum atomic E-state index is 12.4. The van der Waals surface area contributed by atoms with E-state index in [1.54, 1.807) is 0 Å². The van der Waals surface area contributed by atoms with Crippen LogP contribution in [-0.2, 0) is 27.2 Å². The van der Waals surface area contributed by atoms with E-state index in [-0.39, 0.29) is 16.8 Å². The number of nitrogen functional groups attached to an aromatic ring is 1. The third-order valence-electron chi connectivity index (χ3n) is 9.29. The fourth-order valence-corrected chi connectivity index (χ4v) is 6.90. The lowest BCUT2D eigenvalue weighted by molar-refractivity contribution is -0.158. The van der Waals surface area contributed by atoms with E-state index in [1.165, 1.54) is 5.69 Å². The number of aryl methyl sites for hydroxylation is 2. The van der Waals surface area contributed by atoms with E-state index in [1.807, 2.05) is 20.8 Å². The molecule has 1 saturated heterocycles. The molecule has 2 aromatic heterocycles. The number of aromatic nitrogens is 3. The van der Waals surface area contributed by atoms with Crippen molar-refractivity contribution in [3.8, 4) is 0 Å². The van der Waals surface area contributed by atoms with Gasteiger partial charge in [-0.15, -0.1) is 0 Å². The van der Waals surface area contributed by atoms with Crippen molar-refractivity contribution in [2.24, 2.45) is 10.8 Å². The van der Waals surface area contributed by atoms with Crippen LogP contribution in [0.25, 0.3) is 21.9 Å². The first-order chi connectivity index (χ1) is 23.0. The van der Waals surface area contributed by atoms with Crippen LogP contribution >= 0.6 is 0 Å². The van der Waals surface area contributed by atoms with Gasteiger partial charge in [0.1, 0.15) is 16.9 Å². The zero-order valence-electron chi connectivity index (χ0n) is 32.3. The molecule has 1 aliphatic rings. The standard InChI is InChI=1S/C39H65N7O3/c1-11-12-15-32-42-34-35(30-24-29(16-17-31(30)41-36(34)40)45-22-20-43(9)21-23-45)46(32)19-14-13-18-44(10)26-39(7,8)28-48-27-38(5,6)25-33(47)49-37(2,3)4/h16-17,24H,11-15,18-23,25-28H2,1-10H3,(H2,40,41). The van der Waals surface area contributed by atoms with E-state index in [0.29, 0.717) is 25.5 Å². The molecule has 0 atom stereocenters. The maximum Gasteiger partial charge on any atom is 0.306 e. The van der Waals surface area contributed by atoms with Crippen molar-refractivity contribution in [2.75, 3.05) is 77.2 Å². The smallest absolute Gasteiger partial charge is 0.306 e. The first-order valence-electron chi connectivity index (χ1n) is 18.5. The number of carbonyl (C=O) groups excluding carboxylic acids is 1. The molecular weight excluding hydrogens is 614 g/mol. The van der Waals surface area contributed by atoms with Crippen molar-refractivity contribution in [1.29, 1.82) is 0 Å². The van der Waals surface area contributed by atoms with Crippen molar-refractivity contribution in [3.63, 3.8) is 0 Å². The normalized spacial score (nSPS) is 15.2. The number of hydrogen-bond acceptors (Lipinski definition) is 9. The third kappa shape index (κ3) is 11.3. The number of piperazine rings is 1. The number of anilines is 2. The fourth-order valence-electron chi connectivity index (χ4n) is 6.90. The van der Waals surface area contributed by atoms with Crippen LogP contribution in [-0.4, -0.2) is 102 Å². The maximum absolute atomic E-state index is 12.4. The molecule has 4 rings (SSSR count). The predicted molar refractivity (Wildman–Crippen MR) is 203 cm³/mol. The Balaban J connectivity index is 1.37. The molecule has 49 heavy (non-hydrogen) atoms. The molecule has 274 valence electrons. The number of unbranched alkanes of at least 4 members (excludes halogenated alkanes) is 2. The Morgan fingerprint density at radius 2 is 1.65 bits per heavy atom. The van der Waals surface area contributed by atoms with Crippen LogP contribution in [0.1, 0.15) is 93.3 Å². The van der Waals surface area contributed by atoms with Crippen molar-refractivity contribution in [2.45, 2.75) is 106 Å². The molecule has 3 heterocycles. The van der Waals surface area contributed by atoms with Crippen LogP contribution in [0.5, 0.6) is 0 Å². The summed E-state index contributed by atoms with van der Waals surface area (Å²) in [7, 11) is 4.39. The largest absolute Gasteiger partial charge is 0.460 e. The second-order valence-corrected chi connectivity index (χ2v) is 17.0. The molecule has 0 spiro atoms. The molecule has 1 aliphatic heterocycles. The molecular formula is C39H65N7O3. The SMILES string of the molecule is CCCCc1nc2c(N)nc3ccc(N4CCN(C)CC4)cc3c2n1CCCCN(C)CC(C)(C)COCC(C)(C)CC(=O)OC(C)(C)C. The topological polar surface area (TPSA) is 102 Å². The van der Waals surface area contributed by atoms with Crippen molar-refractivity contribution in [3.05, 3.63) is 24.0 Å². The molecule has 0 amide bonds. The minimum Gasteiger partial charge on any atom is -0.460 e. The molecule has 10 heteroatoms. The van der Waals surface area contributed by atoms with Crippen LogP contribution < -0.4 is 10.6 Å². The first kappa shape index (κ1) is 38.8. The number of esters is 1. The van der Waals surface area contributed by atoms with Crippen LogP contribution in [0.2, 0.25) is 0 Å². The molecule has 0 aliphatic carbocycles. The van der Waals surface area contributed by atoms with Crippen LogP contribution in [0.15, 0.2) is 18.2 Å². The predicted octanol–water partition coefficient (Wildman–Crippen LogP) is 6.77. The molecule has 2 N–H and O–H groups in total. The van der Waals surface area contributed by atoms with Gasteiger partial charge in [0, 0.05) is 62.2 Å². The quantitative estimate of drug-likeness (QED) is 0.122. The van der Waals surface area contributed by atoms with Crippen LogP contribution in [0.3, 0.4) is 0 Å². The average molecular weight is 680 g/mol. The molecule has 0 bridgehead atoms. The molecule has 10 nitrogen and oxygen atoms in total. The number of fused-ring (bicyclic) bond motifs is 3. The van der Waals surface area contributed by atoms with E-state index in [0.717, 1.165) is 106 Å². The summed E-state index contributed by atoms with van der Waals surface area (Å²) in [6.07, 6.45) is 5.62. The number of nitrogens with two attached hydrogens (primary N) is 1. The monoisotopic (exact) mass is 680 g/mol. The van der Waals surface area contributed by atoms with Gasteiger partial charge in [-0.3, -0.25) is 4.79 Å². The summed E-state index contributed by atoms with van der Waals surface area (Å²) >= 11 is 0. The third-order valence-corrected chi connectivity index (χ3v) is 9.29. The Kier molecular flexibility index (Phi) is 13.0. The number of likely N-dealkylation sites (N-methyl/N-ethyl adjacent to an activating group) is 1. The van der Waals surface area contributed by atoms with Crippen LogP contribution in [0.4, 0.5) is 11.5 Å². The molecule has 0 saturated carbocycles. The van der Waals surface area contributed by atoms with Gasteiger partial charge in [-0.05, 0) is 84.3 Å². The number of hydrogen-bond donors (Lipinski definition) is 1. The van der Waals surface area contributed by atoms with Crippen molar-refractivity contribution in [1.82, 2.24) is 24.3 Å². The summed E-state index contributed by atoms with van der Waals surface area (Å²) in [5.41, 5.74) is 9.92. The highest BCUT2D eigenvalue weighted by Crippen LogP contribution is 2.33. The summed E-state index contributed by atoms with van der Waals surface area (Å²) in [6, 6.07) is 6.63. The Morgan fingerprint density at radius 1 is 0.959 bits per heavy atom. The minimum absolute atomic E-state index is 0.0183. The average Bonchev–Trinajstić information content (AvgIpc) is 3.36. The van der Waals surface area contributed by atoms with Gasteiger partial charge in [-0.25, -0.2) is 9.97 Å². The molecule has 1 fully saturated rings. The van der Waals surface area contributed by atoms with E-state index >= 15 is 0 Å². The highest BCUT2D eigenvalue weighted by atomic mass is 16.6. The lowest BCUT2D eigenvalue weighted by Gasteiger charge is -2.34. The first-order valence-corrected chi connectivity index (χ1v) is 18.5. The molecule has 1 aromatic carbocycles. The Morgan fingerprint density at radius 3 is 2.33 bits per heavy atom. The summed E-state index contributed by atoms with van der Waals surface area (Å²) in [5.74, 6) is 1.46. The van der Waals surface area contributed by atoms with Gasteiger partial charge in [0.05, 0.1) is 30.7 Å². The summed E-state index contributed by atoms with van der Waals surface area (Å²) in [4.78, 5) is 29.5. The second kappa shape index (κ2) is 16.4. The summed E-state index contributed by atoms with van der Waals surface area (Å²) in [6.45, 7) is 24.7. The zero-order chi connectivity index (χ0) is 36.0. The molecule has 3 aromatic rings. The van der Waals surface area contributed by atoms with Gasteiger partial charge in [0.25, 0.3) is 0 Å². The number of imidazole rings is 1. The number of benzene rings is 1. The fraction of sp³-hybridized carbons (Fsp3) is 0.718. The zero-order valence-corrected chi connectivity index (χ0v) is 32.3. The summed E-state index contributed by atoms with van der Waals surface area (Å²) in [5, 5.41) is 1.14.